The van der Waals surface area contributed by atoms with E-state index in [1.807, 2.05) is 48.5 Å². The Hall–Kier alpha value is -3.49. The SMILES string of the molecule is O=C(NC(CC(F)F)C(=O)NCC(CC1CC1)C(=O)O)OCC1c2ccccc2-c2ccccc21. The quantitative estimate of drug-likeness (QED) is 0.442. The summed E-state index contributed by atoms with van der Waals surface area (Å²) in [7, 11) is 0. The Morgan fingerprint density at radius 2 is 1.60 bits per heavy atom. The van der Waals surface area contributed by atoms with Gasteiger partial charge in [0.05, 0.1) is 5.92 Å². The van der Waals surface area contributed by atoms with Gasteiger partial charge in [0.15, 0.2) is 0 Å². The van der Waals surface area contributed by atoms with E-state index in [-0.39, 0.29) is 19.1 Å². The number of aliphatic carboxylic acids is 1. The van der Waals surface area contributed by atoms with Gasteiger partial charge in [-0.05, 0) is 34.6 Å². The van der Waals surface area contributed by atoms with Crippen LogP contribution in [0.25, 0.3) is 11.1 Å². The van der Waals surface area contributed by atoms with E-state index in [0.717, 1.165) is 35.1 Å². The zero-order valence-corrected chi connectivity index (χ0v) is 19.1. The molecule has 3 N–H and O–H groups in total. The first-order valence-corrected chi connectivity index (χ1v) is 11.7. The summed E-state index contributed by atoms with van der Waals surface area (Å²) in [6.45, 7) is -0.206. The van der Waals surface area contributed by atoms with Crippen molar-refractivity contribution in [2.24, 2.45) is 11.8 Å². The summed E-state index contributed by atoms with van der Waals surface area (Å²) in [5.74, 6) is -2.60. The molecule has 1 fully saturated rings. The summed E-state index contributed by atoms with van der Waals surface area (Å²) in [5.41, 5.74) is 4.09. The number of hydrogen-bond donors (Lipinski definition) is 3. The van der Waals surface area contributed by atoms with Crippen LogP contribution in [-0.4, -0.2) is 48.7 Å². The number of ether oxygens (including phenoxy) is 1. The van der Waals surface area contributed by atoms with Crippen LogP contribution in [0, 0.1) is 11.8 Å². The highest BCUT2D eigenvalue weighted by Gasteiger charge is 2.32. The zero-order valence-electron chi connectivity index (χ0n) is 19.1. The number of alkyl carbamates (subject to hydrolysis) is 1. The fourth-order valence-corrected chi connectivity index (χ4v) is 4.57. The minimum absolute atomic E-state index is 0.0225. The van der Waals surface area contributed by atoms with E-state index in [1.165, 1.54) is 0 Å². The average molecular weight is 487 g/mol. The summed E-state index contributed by atoms with van der Waals surface area (Å²) >= 11 is 0. The minimum Gasteiger partial charge on any atom is -0.481 e. The van der Waals surface area contributed by atoms with Crippen molar-refractivity contribution in [3.05, 3.63) is 59.7 Å². The number of hydrogen-bond acceptors (Lipinski definition) is 4. The molecule has 0 aromatic heterocycles. The molecule has 0 radical (unpaired) electrons. The largest absolute Gasteiger partial charge is 0.481 e. The smallest absolute Gasteiger partial charge is 0.407 e. The number of carbonyl (C=O) groups is 3. The van der Waals surface area contributed by atoms with Gasteiger partial charge in [0.25, 0.3) is 0 Å². The van der Waals surface area contributed by atoms with Gasteiger partial charge in [0.1, 0.15) is 12.6 Å². The van der Waals surface area contributed by atoms with Crippen LogP contribution in [0.15, 0.2) is 48.5 Å². The summed E-state index contributed by atoms with van der Waals surface area (Å²) in [4.78, 5) is 36.4. The Labute approximate surface area is 201 Å². The van der Waals surface area contributed by atoms with Gasteiger partial charge in [-0.3, -0.25) is 9.59 Å². The highest BCUT2D eigenvalue weighted by molar-refractivity contribution is 5.86. The van der Waals surface area contributed by atoms with E-state index in [1.54, 1.807) is 0 Å². The third kappa shape index (κ3) is 6.15. The Morgan fingerprint density at radius 3 is 2.14 bits per heavy atom. The monoisotopic (exact) mass is 486 g/mol. The molecule has 0 spiro atoms. The lowest BCUT2D eigenvalue weighted by Gasteiger charge is -2.20. The fraction of sp³-hybridized carbons (Fsp3) is 0.423. The van der Waals surface area contributed by atoms with Crippen molar-refractivity contribution in [2.75, 3.05) is 13.2 Å². The van der Waals surface area contributed by atoms with E-state index < -0.39 is 42.8 Å². The number of nitrogens with one attached hydrogen (secondary N) is 2. The molecule has 2 atom stereocenters. The van der Waals surface area contributed by atoms with Crippen molar-refractivity contribution in [3.63, 3.8) is 0 Å². The second-order valence-electron chi connectivity index (χ2n) is 9.11. The molecule has 2 aliphatic rings. The second kappa shape index (κ2) is 10.8. The van der Waals surface area contributed by atoms with Gasteiger partial charge < -0.3 is 20.5 Å². The summed E-state index contributed by atoms with van der Waals surface area (Å²) in [6, 6.07) is 14.0. The lowest BCUT2D eigenvalue weighted by molar-refractivity contribution is -0.142. The highest BCUT2D eigenvalue weighted by atomic mass is 19.3. The standard InChI is InChI=1S/C26H28F2N2O5/c27-23(28)12-22(24(31)29-13-16(25(32)33)11-15-9-10-15)30-26(34)35-14-21-19-7-3-1-5-17(19)18-6-2-4-8-20(18)21/h1-8,15-16,21-23H,9-14H2,(H,29,31)(H,30,34)(H,32,33). The summed E-state index contributed by atoms with van der Waals surface area (Å²) in [5, 5.41) is 14.0. The summed E-state index contributed by atoms with van der Waals surface area (Å²) < 4.78 is 31.6. The third-order valence-electron chi connectivity index (χ3n) is 6.55. The van der Waals surface area contributed by atoms with Crippen molar-refractivity contribution in [2.45, 2.75) is 44.1 Å². The predicted octanol–water partition coefficient (Wildman–Crippen LogP) is 4.17. The maximum Gasteiger partial charge on any atom is 0.407 e. The van der Waals surface area contributed by atoms with Gasteiger partial charge in [-0.2, -0.15) is 0 Å². The number of alkyl halides is 2. The number of carboxylic acid groups (broad SMARTS) is 1. The van der Waals surface area contributed by atoms with E-state index >= 15 is 0 Å². The van der Waals surface area contributed by atoms with Gasteiger partial charge in [-0.15, -0.1) is 0 Å². The Balaban J connectivity index is 1.35. The average Bonchev–Trinajstić information content (AvgIpc) is 3.60. The zero-order chi connectivity index (χ0) is 24.9. The van der Waals surface area contributed by atoms with E-state index in [9.17, 15) is 28.3 Å². The van der Waals surface area contributed by atoms with Crippen molar-refractivity contribution in [1.82, 2.24) is 10.6 Å². The van der Waals surface area contributed by atoms with Crippen LogP contribution in [0.2, 0.25) is 0 Å². The van der Waals surface area contributed by atoms with Crippen LogP contribution in [-0.2, 0) is 14.3 Å². The number of benzene rings is 2. The molecule has 0 heterocycles. The molecule has 2 aliphatic carbocycles. The van der Waals surface area contributed by atoms with Crippen LogP contribution in [0.4, 0.5) is 13.6 Å². The second-order valence-corrected chi connectivity index (χ2v) is 9.11. The maximum atomic E-state index is 13.1. The number of amides is 2. The van der Waals surface area contributed by atoms with Gasteiger partial charge in [-0.25, -0.2) is 13.6 Å². The van der Waals surface area contributed by atoms with Crippen LogP contribution < -0.4 is 10.6 Å². The van der Waals surface area contributed by atoms with Gasteiger partial charge in [0.2, 0.25) is 12.3 Å². The lowest BCUT2D eigenvalue weighted by atomic mass is 9.98. The number of halogens is 2. The first-order chi connectivity index (χ1) is 16.8. The third-order valence-corrected chi connectivity index (χ3v) is 6.55. The van der Waals surface area contributed by atoms with Crippen molar-refractivity contribution < 1.29 is 33.0 Å². The highest BCUT2D eigenvalue weighted by Crippen LogP contribution is 2.44. The first kappa shape index (κ1) is 24.6. The van der Waals surface area contributed by atoms with Crippen LogP contribution in [0.3, 0.4) is 0 Å². The molecule has 2 unspecified atom stereocenters. The maximum absolute atomic E-state index is 13.1. The molecule has 186 valence electrons. The molecule has 2 aromatic rings. The molecule has 7 nitrogen and oxygen atoms in total. The Kier molecular flexibility index (Phi) is 7.63. The molecule has 9 heteroatoms. The molecule has 4 rings (SSSR count). The van der Waals surface area contributed by atoms with E-state index in [2.05, 4.69) is 10.6 Å². The van der Waals surface area contributed by atoms with E-state index in [0.29, 0.717) is 12.3 Å². The predicted molar refractivity (Wildman–Crippen MR) is 124 cm³/mol. The number of fused-ring (bicyclic) bond motifs is 3. The Bertz CT molecular complexity index is 1040. The topological polar surface area (TPSA) is 105 Å². The van der Waals surface area contributed by atoms with Crippen LogP contribution in [0.5, 0.6) is 0 Å². The van der Waals surface area contributed by atoms with Gasteiger partial charge in [0, 0.05) is 18.9 Å². The minimum atomic E-state index is -2.85. The van der Waals surface area contributed by atoms with Crippen LogP contribution in [0.1, 0.15) is 42.7 Å². The van der Waals surface area contributed by atoms with E-state index in [4.69, 9.17) is 4.74 Å². The lowest BCUT2D eigenvalue weighted by Crippen LogP contribution is -2.49. The van der Waals surface area contributed by atoms with Crippen molar-refractivity contribution in [1.29, 1.82) is 0 Å². The van der Waals surface area contributed by atoms with Crippen molar-refractivity contribution in [3.8, 4) is 11.1 Å². The summed E-state index contributed by atoms with van der Waals surface area (Å²) in [6.07, 6.45) is -2.41. The van der Waals surface area contributed by atoms with Crippen molar-refractivity contribution >= 4 is 18.0 Å². The molecular weight excluding hydrogens is 458 g/mol. The normalized spacial score (nSPS) is 16.2. The number of rotatable bonds is 11. The first-order valence-electron chi connectivity index (χ1n) is 11.7. The molecular formula is C26H28F2N2O5. The molecule has 2 aromatic carbocycles. The molecule has 0 bridgehead atoms. The fourth-order valence-electron chi connectivity index (χ4n) is 4.57. The Morgan fingerprint density at radius 1 is 1.00 bits per heavy atom. The number of carboxylic acids is 1. The number of carbonyl (C=O) groups excluding carboxylic acids is 2. The van der Waals surface area contributed by atoms with Crippen LogP contribution >= 0.6 is 0 Å². The van der Waals surface area contributed by atoms with Gasteiger partial charge in [-0.1, -0.05) is 61.4 Å². The molecule has 35 heavy (non-hydrogen) atoms. The molecule has 0 saturated heterocycles. The van der Waals surface area contributed by atoms with Gasteiger partial charge >= 0.3 is 12.1 Å². The molecule has 2 amide bonds. The molecule has 0 aliphatic heterocycles. The molecule has 1 saturated carbocycles.